The Labute approximate surface area is 190 Å². The number of amides is 2. The van der Waals surface area contributed by atoms with Gasteiger partial charge in [0.05, 0.1) is 17.8 Å². The van der Waals surface area contributed by atoms with Gasteiger partial charge >= 0.3 is 12.0 Å². The molecular weight excluding hydrogens is 426 g/mol. The number of hydrogen-bond donors (Lipinski definition) is 3. The van der Waals surface area contributed by atoms with Gasteiger partial charge in [0.25, 0.3) is 0 Å². The monoisotopic (exact) mass is 453 g/mol. The first-order valence-corrected chi connectivity index (χ1v) is 11.6. The second-order valence-corrected chi connectivity index (χ2v) is 9.14. The molecule has 2 aromatic heterocycles. The fraction of sp³-hybridized carbons (Fsp3) is 0.391. The number of urea groups is 1. The molecule has 32 heavy (non-hydrogen) atoms. The SMILES string of the molecule is Cc1ccccc1C(CC(=O)OCc1nc(N)c2c3c(sc2n1)CCCCC3)NC(N)=O. The summed E-state index contributed by atoms with van der Waals surface area (Å²) in [6.07, 6.45) is 5.56. The van der Waals surface area contributed by atoms with Crippen LogP contribution in [0, 0.1) is 6.92 Å². The fourth-order valence-electron chi connectivity index (χ4n) is 4.23. The van der Waals surface area contributed by atoms with E-state index in [0.29, 0.717) is 11.6 Å². The number of rotatable bonds is 6. The molecule has 0 aliphatic heterocycles. The Morgan fingerprint density at radius 2 is 1.97 bits per heavy atom. The predicted octanol–water partition coefficient (Wildman–Crippen LogP) is 3.69. The van der Waals surface area contributed by atoms with Crippen molar-refractivity contribution >= 4 is 39.4 Å². The number of hydrogen-bond acceptors (Lipinski definition) is 7. The summed E-state index contributed by atoms with van der Waals surface area (Å²) in [4.78, 5) is 35.2. The summed E-state index contributed by atoms with van der Waals surface area (Å²) in [5.41, 5.74) is 14.6. The number of nitrogens with zero attached hydrogens (tertiary/aromatic N) is 2. The van der Waals surface area contributed by atoms with Crippen molar-refractivity contribution in [2.45, 2.75) is 58.1 Å². The summed E-state index contributed by atoms with van der Waals surface area (Å²) < 4.78 is 5.42. The highest BCUT2D eigenvalue weighted by molar-refractivity contribution is 7.19. The molecule has 0 saturated heterocycles. The Bertz CT molecular complexity index is 1160. The number of carbonyl (C=O) groups excluding carboxylic acids is 2. The zero-order chi connectivity index (χ0) is 22.7. The quantitative estimate of drug-likeness (QED) is 0.385. The average molecular weight is 454 g/mol. The Morgan fingerprint density at radius 1 is 1.19 bits per heavy atom. The Balaban J connectivity index is 1.47. The molecule has 0 spiro atoms. The van der Waals surface area contributed by atoms with E-state index in [4.69, 9.17) is 16.2 Å². The maximum Gasteiger partial charge on any atom is 0.312 e. The normalized spacial score (nSPS) is 14.4. The summed E-state index contributed by atoms with van der Waals surface area (Å²) in [6, 6.07) is 6.21. The van der Waals surface area contributed by atoms with E-state index in [1.807, 2.05) is 31.2 Å². The first-order chi connectivity index (χ1) is 15.4. The molecule has 0 fully saturated rings. The number of nitrogen functional groups attached to an aromatic ring is 1. The number of nitrogens with two attached hydrogens (primary N) is 2. The van der Waals surface area contributed by atoms with E-state index in [0.717, 1.165) is 40.6 Å². The predicted molar refractivity (Wildman–Crippen MR) is 124 cm³/mol. The van der Waals surface area contributed by atoms with Crippen molar-refractivity contribution in [1.82, 2.24) is 15.3 Å². The summed E-state index contributed by atoms with van der Waals surface area (Å²) in [7, 11) is 0. The van der Waals surface area contributed by atoms with Gasteiger partial charge in [-0.15, -0.1) is 11.3 Å². The smallest absolute Gasteiger partial charge is 0.312 e. The number of primary amides is 1. The van der Waals surface area contributed by atoms with Crippen LogP contribution >= 0.6 is 11.3 Å². The summed E-state index contributed by atoms with van der Waals surface area (Å²) in [5.74, 6) is 0.319. The van der Waals surface area contributed by atoms with Crippen LogP contribution in [0.1, 0.15) is 59.1 Å². The largest absolute Gasteiger partial charge is 0.457 e. The molecule has 1 aromatic carbocycles. The summed E-state index contributed by atoms with van der Waals surface area (Å²) >= 11 is 1.66. The number of anilines is 1. The van der Waals surface area contributed by atoms with E-state index in [9.17, 15) is 9.59 Å². The van der Waals surface area contributed by atoms with Gasteiger partial charge in [0.15, 0.2) is 12.4 Å². The van der Waals surface area contributed by atoms with Crippen molar-refractivity contribution < 1.29 is 14.3 Å². The number of ether oxygens (including phenoxy) is 1. The minimum absolute atomic E-state index is 0.0567. The Morgan fingerprint density at radius 3 is 2.75 bits per heavy atom. The molecule has 168 valence electrons. The van der Waals surface area contributed by atoms with E-state index < -0.39 is 18.0 Å². The van der Waals surface area contributed by atoms with Crippen molar-refractivity contribution in [3.63, 3.8) is 0 Å². The number of carbonyl (C=O) groups is 2. The number of fused-ring (bicyclic) bond motifs is 3. The maximum atomic E-state index is 12.5. The summed E-state index contributed by atoms with van der Waals surface area (Å²) in [6.45, 7) is 1.82. The van der Waals surface area contributed by atoms with E-state index in [2.05, 4.69) is 15.3 Å². The number of nitrogens with one attached hydrogen (secondary N) is 1. The van der Waals surface area contributed by atoms with Crippen molar-refractivity contribution in [3.05, 3.63) is 51.7 Å². The van der Waals surface area contributed by atoms with Crippen LogP contribution in [0.2, 0.25) is 0 Å². The average Bonchev–Trinajstić information content (AvgIpc) is 2.94. The molecule has 2 amide bonds. The molecule has 1 aliphatic rings. The lowest BCUT2D eigenvalue weighted by Crippen LogP contribution is -2.35. The van der Waals surface area contributed by atoms with Gasteiger partial charge in [0, 0.05) is 4.88 Å². The van der Waals surface area contributed by atoms with Crippen LogP contribution in [-0.2, 0) is 29.0 Å². The van der Waals surface area contributed by atoms with Crippen molar-refractivity contribution in [2.24, 2.45) is 5.73 Å². The molecule has 2 heterocycles. The summed E-state index contributed by atoms with van der Waals surface area (Å²) in [5, 5.41) is 3.57. The second-order valence-electron chi connectivity index (χ2n) is 8.05. The Kier molecular flexibility index (Phi) is 6.55. The lowest BCUT2D eigenvalue weighted by Gasteiger charge is -2.19. The van der Waals surface area contributed by atoms with E-state index in [-0.39, 0.29) is 13.0 Å². The van der Waals surface area contributed by atoms with Crippen LogP contribution in [-0.4, -0.2) is 22.0 Å². The van der Waals surface area contributed by atoms with Crippen LogP contribution in [0.4, 0.5) is 10.6 Å². The van der Waals surface area contributed by atoms with Gasteiger partial charge < -0.3 is 21.5 Å². The van der Waals surface area contributed by atoms with Gasteiger partial charge in [-0.1, -0.05) is 30.7 Å². The van der Waals surface area contributed by atoms with Crippen molar-refractivity contribution in [2.75, 3.05) is 5.73 Å². The zero-order valence-electron chi connectivity index (χ0n) is 18.0. The van der Waals surface area contributed by atoms with Gasteiger partial charge in [0.2, 0.25) is 0 Å². The first-order valence-electron chi connectivity index (χ1n) is 10.8. The number of benzene rings is 1. The minimum atomic E-state index is -0.704. The molecule has 4 rings (SSSR count). The number of aromatic nitrogens is 2. The van der Waals surface area contributed by atoms with E-state index in [1.165, 1.54) is 23.3 Å². The fourth-order valence-corrected chi connectivity index (χ4v) is 5.52. The Hall–Kier alpha value is -3.20. The molecule has 1 aliphatic carbocycles. The van der Waals surface area contributed by atoms with Crippen molar-refractivity contribution in [1.29, 1.82) is 0 Å². The molecule has 5 N–H and O–H groups in total. The van der Waals surface area contributed by atoms with E-state index in [1.54, 1.807) is 11.3 Å². The molecule has 1 atom stereocenters. The minimum Gasteiger partial charge on any atom is -0.457 e. The number of thiophene rings is 1. The lowest BCUT2D eigenvalue weighted by atomic mass is 9.99. The van der Waals surface area contributed by atoms with Gasteiger partial charge in [-0.3, -0.25) is 4.79 Å². The third-order valence-electron chi connectivity index (χ3n) is 5.75. The van der Waals surface area contributed by atoms with Gasteiger partial charge in [0.1, 0.15) is 10.6 Å². The highest BCUT2D eigenvalue weighted by Crippen LogP contribution is 2.37. The van der Waals surface area contributed by atoms with E-state index >= 15 is 0 Å². The number of esters is 1. The first kappa shape index (κ1) is 22.0. The van der Waals surface area contributed by atoms with Gasteiger partial charge in [-0.05, 0) is 49.3 Å². The lowest BCUT2D eigenvalue weighted by molar-refractivity contribution is -0.145. The molecule has 0 bridgehead atoms. The molecule has 0 radical (unpaired) electrons. The van der Waals surface area contributed by atoms with Gasteiger partial charge in [-0.25, -0.2) is 14.8 Å². The highest BCUT2D eigenvalue weighted by atomic mass is 32.1. The van der Waals surface area contributed by atoms with Crippen LogP contribution in [0.25, 0.3) is 10.2 Å². The molecular formula is C23H27N5O3S. The van der Waals surface area contributed by atoms with Crippen LogP contribution < -0.4 is 16.8 Å². The molecule has 3 aromatic rings. The van der Waals surface area contributed by atoms with Crippen LogP contribution in [0.15, 0.2) is 24.3 Å². The van der Waals surface area contributed by atoms with Crippen LogP contribution in [0.5, 0.6) is 0 Å². The van der Waals surface area contributed by atoms with Crippen molar-refractivity contribution in [3.8, 4) is 0 Å². The number of aryl methyl sites for hydroxylation is 3. The molecule has 0 saturated carbocycles. The molecule has 8 nitrogen and oxygen atoms in total. The maximum absolute atomic E-state index is 12.5. The van der Waals surface area contributed by atoms with Gasteiger partial charge in [-0.2, -0.15) is 0 Å². The highest BCUT2D eigenvalue weighted by Gasteiger charge is 2.22. The topological polar surface area (TPSA) is 133 Å². The third kappa shape index (κ3) is 4.83. The standard InChI is InChI=1S/C23H27N5O3S/c1-13-7-5-6-8-14(13)16(26-23(25)30)11-19(29)31-12-18-27-21(24)20-15-9-3-2-4-10-17(15)32-22(20)28-18/h5-8,16H,2-4,9-12H2,1H3,(H2,24,27,28)(H3,25,26,30). The second kappa shape index (κ2) is 9.52. The van der Waals surface area contributed by atoms with Crippen LogP contribution in [0.3, 0.4) is 0 Å². The third-order valence-corrected chi connectivity index (χ3v) is 6.94. The molecule has 1 unspecified atom stereocenters. The molecule has 9 heteroatoms. The zero-order valence-corrected chi connectivity index (χ0v) is 18.8.